The van der Waals surface area contributed by atoms with Crippen LogP contribution in [0.4, 0.5) is 5.82 Å². The van der Waals surface area contributed by atoms with Crippen molar-refractivity contribution in [2.75, 3.05) is 31.1 Å². The molecule has 0 unspecified atom stereocenters. The highest BCUT2D eigenvalue weighted by atomic mass is 35.5. The van der Waals surface area contributed by atoms with Crippen LogP contribution in [0.3, 0.4) is 0 Å². The number of carbonyl (C=O) groups is 1. The van der Waals surface area contributed by atoms with Crippen LogP contribution in [0.15, 0.2) is 36.5 Å². The Labute approximate surface area is 147 Å². The van der Waals surface area contributed by atoms with E-state index in [1.165, 1.54) is 0 Å². The van der Waals surface area contributed by atoms with Crippen molar-refractivity contribution in [2.24, 2.45) is 0 Å². The first-order valence-electron chi connectivity index (χ1n) is 8.19. The monoisotopic (exact) mass is 344 g/mol. The van der Waals surface area contributed by atoms with Crippen LogP contribution < -0.4 is 4.90 Å². The summed E-state index contributed by atoms with van der Waals surface area (Å²) in [5, 5.41) is 0.652. The predicted molar refractivity (Wildman–Crippen MR) is 95.3 cm³/mol. The lowest BCUT2D eigenvalue weighted by molar-refractivity contribution is -0.130. The Kier molecular flexibility index (Phi) is 5.30. The van der Waals surface area contributed by atoms with Gasteiger partial charge in [-0.3, -0.25) is 4.79 Å². The molecule has 0 saturated carbocycles. The molecule has 0 aliphatic carbocycles. The molecule has 0 atom stereocenters. The number of amides is 1. The summed E-state index contributed by atoms with van der Waals surface area (Å²) >= 11 is 6.16. The number of halogens is 1. The molecule has 0 spiro atoms. The number of aromatic nitrogens is 2. The van der Waals surface area contributed by atoms with Crippen LogP contribution in [0.5, 0.6) is 0 Å². The average molecular weight is 345 g/mol. The third-order valence-corrected chi connectivity index (χ3v) is 4.60. The van der Waals surface area contributed by atoms with Gasteiger partial charge in [0.2, 0.25) is 5.91 Å². The van der Waals surface area contributed by atoms with Crippen LogP contribution in [0.25, 0.3) is 0 Å². The molecule has 126 valence electrons. The number of aryl methyl sites for hydroxylation is 1. The van der Waals surface area contributed by atoms with Gasteiger partial charge in [-0.1, -0.05) is 29.8 Å². The summed E-state index contributed by atoms with van der Waals surface area (Å²) in [4.78, 5) is 25.4. The number of nitrogens with zero attached hydrogens (tertiary/aromatic N) is 4. The molecule has 2 heterocycles. The quantitative estimate of drug-likeness (QED) is 0.859. The van der Waals surface area contributed by atoms with Gasteiger partial charge in [0.05, 0.1) is 6.42 Å². The van der Waals surface area contributed by atoms with Crippen LogP contribution in [0.1, 0.15) is 17.8 Å². The van der Waals surface area contributed by atoms with Crippen LogP contribution >= 0.6 is 11.6 Å². The Morgan fingerprint density at radius 2 is 2.00 bits per heavy atom. The normalized spacial score (nSPS) is 15.2. The van der Waals surface area contributed by atoms with Gasteiger partial charge in [0.1, 0.15) is 11.6 Å². The highest BCUT2D eigenvalue weighted by molar-refractivity contribution is 6.31. The Hall–Kier alpha value is -2.14. The molecule has 0 radical (unpaired) electrons. The van der Waals surface area contributed by atoms with Gasteiger partial charge in [-0.2, -0.15) is 0 Å². The van der Waals surface area contributed by atoms with Crippen LogP contribution in [0, 0.1) is 6.92 Å². The van der Waals surface area contributed by atoms with E-state index in [2.05, 4.69) is 14.9 Å². The molecule has 0 bridgehead atoms. The number of carbonyl (C=O) groups excluding carboxylic acids is 1. The third-order valence-electron chi connectivity index (χ3n) is 4.23. The van der Waals surface area contributed by atoms with Gasteiger partial charge in [0, 0.05) is 37.4 Å². The zero-order valence-electron chi connectivity index (χ0n) is 13.8. The van der Waals surface area contributed by atoms with Crippen molar-refractivity contribution >= 4 is 23.3 Å². The standard InChI is InChI=1S/C18H21ClN4O/c1-14-20-8-7-17(21-14)22-9-4-10-23(12-11-22)18(24)13-15-5-2-3-6-16(15)19/h2-3,5-8H,4,9-13H2,1H3. The summed E-state index contributed by atoms with van der Waals surface area (Å²) in [6, 6.07) is 9.45. The summed E-state index contributed by atoms with van der Waals surface area (Å²) in [6.45, 7) is 5.04. The van der Waals surface area contributed by atoms with E-state index in [0.717, 1.165) is 43.3 Å². The molecule has 1 aromatic heterocycles. The van der Waals surface area contributed by atoms with E-state index in [1.807, 2.05) is 42.2 Å². The molecule has 3 rings (SSSR count). The average Bonchev–Trinajstić information content (AvgIpc) is 2.83. The lowest BCUT2D eigenvalue weighted by Gasteiger charge is -2.23. The molecule has 1 saturated heterocycles. The molecule has 1 aliphatic rings. The van der Waals surface area contributed by atoms with Gasteiger partial charge < -0.3 is 9.80 Å². The molecule has 1 amide bonds. The first-order valence-corrected chi connectivity index (χ1v) is 8.57. The minimum Gasteiger partial charge on any atom is -0.355 e. The summed E-state index contributed by atoms with van der Waals surface area (Å²) in [6.07, 6.45) is 3.06. The molecule has 1 fully saturated rings. The van der Waals surface area contributed by atoms with Crippen LogP contribution in [0.2, 0.25) is 5.02 Å². The van der Waals surface area contributed by atoms with E-state index in [1.54, 1.807) is 6.20 Å². The number of anilines is 1. The van der Waals surface area contributed by atoms with Crippen molar-refractivity contribution in [3.05, 3.63) is 52.9 Å². The van der Waals surface area contributed by atoms with Crippen molar-refractivity contribution < 1.29 is 4.79 Å². The number of hydrogen-bond donors (Lipinski definition) is 0. The predicted octanol–water partition coefficient (Wildman–Crippen LogP) is 2.72. The van der Waals surface area contributed by atoms with Crippen molar-refractivity contribution in [3.63, 3.8) is 0 Å². The summed E-state index contributed by atoms with van der Waals surface area (Å²) in [5.41, 5.74) is 0.886. The van der Waals surface area contributed by atoms with E-state index in [9.17, 15) is 4.79 Å². The Bertz CT molecular complexity index is 722. The number of hydrogen-bond acceptors (Lipinski definition) is 4. The lowest BCUT2D eigenvalue weighted by Crippen LogP contribution is -2.36. The minimum atomic E-state index is 0.129. The second-order valence-electron chi connectivity index (χ2n) is 5.95. The van der Waals surface area contributed by atoms with Gasteiger partial charge in [-0.05, 0) is 31.0 Å². The lowest BCUT2D eigenvalue weighted by atomic mass is 10.1. The highest BCUT2D eigenvalue weighted by Gasteiger charge is 2.20. The summed E-state index contributed by atoms with van der Waals surface area (Å²) in [7, 11) is 0. The zero-order valence-corrected chi connectivity index (χ0v) is 14.5. The first-order chi connectivity index (χ1) is 11.6. The van der Waals surface area contributed by atoms with E-state index >= 15 is 0 Å². The maximum atomic E-state index is 12.6. The van der Waals surface area contributed by atoms with Gasteiger partial charge >= 0.3 is 0 Å². The van der Waals surface area contributed by atoms with Gasteiger partial charge in [-0.25, -0.2) is 9.97 Å². The first kappa shape index (κ1) is 16.7. The fraction of sp³-hybridized carbons (Fsp3) is 0.389. The fourth-order valence-corrected chi connectivity index (χ4v) is 3.13. The van der Waals surface area contributed by atoms with Crippen molar-refractivity contribution in [3.8, 4) is 0 Å². The molecule has 1 aromatic carbocycles. The zero-order chi connectivity index (χ0) is 16.9. The third kappa shape index (κ3) is 4.03. The van der Waals surface area contributed by atoms with Gasteiger partial charge in [-0.15, -0.1) is 0 Å². The van der Waals surface area contributed by atoms with Crippen molar-refractivity contribution in [1.82, 2.24) is 14.9 Å². The summed E-state index contributed by atoms with van der Waals surface area (Å²) in [5.74, 6) is 1.83. The minimum absolute atomic E-state index is 0.129. The largest absolute Gasteiger partial charge is 0.355 e. The second-order valence-corrected chi connectivity index (χ2v) is 6.36. The second kappa shape index (κ2) is 7.62. The van der Waals surface area contributed by atoms with E-state index in [4.69, 9.17) is 11.6 Å². The maximum absolute atomic E-state index is 12.6. The molecule has 5 nitrogen and oxygen atoms in total. The number of benzene rings is 1. The molecule has 2 aromatic rings. The number of rotatable bonds is 3. The fourth-order valence-electron chi connectivity index (χ4n) is 2.93. The van der Waals surface area contributed by atoms with Crippen LogP contribution in [-0.2, 0) is 11.2 Å². The Balaban J connectivity index is 1.63. The SMILES string of the molecule is Cc1nccc(N2CCCN(C(=O)Cc3ccccc3Cl)CC2)n1. The van der Waals surface area contributed by atoms with Gasteiger partial charge in [0.15, 0.2) is 0 Å². The molecule has 6 heteroatoms. The maximum Gasteiger partial charge on any atom is 0.227 e. The van der Waals surface area contributed by atoms with E-state index in [-0.39, 0.29) is 5.91 Å². The van der Waals surface area contributed by atoms with E-state index < -0.39 is 0 Å². The van der Waals surface area contributed by atoms with Crippen LogP contribution in [-0.4, -0.2) is 47.0 Å². The Morgan fingerprint density at radius 3 is 2.79 bits per heavy atom. The molecular formula is C18H21ClN4O. The van der Waals surface area contributed by atoms with Gasteiger partial charge in [0.25, 0.3) is 0 Å². The molecule has 0 N–H and O–H groups in total. The Morgan fingerprint density at radius 1 is 1.17 bits per heavy atom. The molecule has 1 aliphatic heterocycles. The molecule has 24 heavy (non-hydrogen) atoms. The summed E-state index contributed by atoms with van der Waals surface area (Å²) < 4.78 is 0. The van der Waals surface area contributed by atoms with E-state index in [0.29, 0.717) is 18.0 Å². The molecular weight excluding hydrogens is 324 g/mol. The smallest absolute Gasteiger partial charge is 0.227 e. The highest BCUT2D eigenvalue weighted by Crippen LogP contribution is 2.18. The topological polar surface area (TPSA) is 49.3 Å². The van der Waals surface area contributed by atoms with Crippen molar-refractivity contribution in [2.45, 2.75) is 19.8 Å². The van der Waals surface area contributed by atoms with Crippen molar-refractivity contribution in [1.29, 1.82) is 0 Å².